The number of nitrogens with zero attached hydrogens (tertiary/aromatic N) is 2. The van der Waals surface area contributed by atoms with E-state index in [-0.39, 0.29) is 11.5 Å². The van der Waals surface area contributed by atoms with Gasteiger partial charge in [0.15, 0.2) is 0 Å². The Kier molecular flexibility index (Phi) is 4.84. The highest BCUT2D eigenvalue weighted by molar-refractivity contribution is 7.16. The van der Waals surface area contributed by atoms with Crippen molar-refractivity contribution in [1.82, 2.24) is 15.3 Å². The first-order valence-corrected chi connectivity index (χ1v) is 8.68. The number of halogens is 1. The number of thiazole rings is 2. The highest BCUT2D eigenvalue weighted by Gasteiger charge is 2.24. The molecule has 0 fully saturated rings. The van der Waals surface area contributed by atoms with E-state index in [0.717, 1.165) is 15.7 Å². The monoisotopic (exact) mass is 329 g/mol. The first-order valence-electron chi connectivity index (χ1n) is 6.60. The van der Waals surface area contributed by atoms with Crippen LogP contribution in [0.4, 0.5) is 0 Å². The van der Waals surface area contributed by atoms with Crippen LogP contribution in [-0.4, -0.2) is 16.0 Å². The summed E-state index contributed by atoms with van der Waals surface area (Å²) < 4.78 is 0.711. The molecule has 6 heteroatoms. The minimum atomic E-state index is 0.0219. The number of hydrogen-bond acceptors (Lipinski definition) is 5. The summed E-state index contributed by atoms with van der Waals surface area (Å²) in [4.78, 5) is 9.21. The summed E-state index contributed by atoms with van der Waals surface area (Å²) in [6, 6.07) is 0.373. The van der Waals surface area contributed by atoms with E-state index in [2.05, 4.69) is 50.3 Å². The zero-order valence-corrected chi connectivity index (χ0v) is 14.8. The van der Waals surface area contributed by atoms with E-state index in [1.165, 1.54) is 11.3 Å². The first-order chi connectivity index (χ1) is 9.27. The lowest BCUT2D eigenvalue weighted by atomic mass is 9.93. The summed E-state index contributed by atoms with van der Waals surface area (Å²) >= 11 is 9.21. The molecule has 0 bridgehead atoms. The molecule has 1 unspecified atom stereocenters. The van der Waals surface area contributed by atoms with E-state index < -0.39 is 0 Å². The molecular weight excluding hydrogens is 310 g/mol. The average molecular weight is 330 g/mol. The van der Waals surface area contributed by atoms with Crippen LogP contribution >= 0.6 is 34.3 Å². The molecular formula is C14H20ClN3S2. The lowest BCUT2D eigenvalue weighted by Gasteiger charge is -2.18. The van der Waals surface area contributed by atoms with Gasteiger partial charge in [-0.15, -0.1) is 22.7 Å². The molecule has 1 N–H and O–H groups in total. The zero-order chi connectivity index (χ0) is 14.9. The van der Waals surface area contributed by atoms with Gasteiger partial charge in [-0.1, -0.05) is 32.4 Å². The number of rotatable bonds is 4. The van der Waals surface area contributed by atoms with Crippen molar-refractivity contribution >= 4 is 34.3 Å². The van der Waals surface area contributed by atoms with Crippen LogP contribution in [0.1, 0.15) is 56.4 Å². The Morgan fingerprint density at radius 3 is 2.40 bits per heavy atom. The fourth-order valence-electron chi connectivity index (χ4n) is 1.75. The van der Waals surface area contributed by atoms with Gasteiger partial charge in [-0.25, -0.2) is 9.97 Å². The van der Waals surface area contributed by atoms with Gasteiger partial charge < -0.3 is 5.32 Å². The van der Waals surface area contributed by atoms with Crippen LogP contribution in [0.25, 0.3) is 0 Å². The number of aromatic nitrogens is 2. The summed E-state index contributed by atoms with van der Waals surface area (Å²) in [7, 11) is 0. The Bertz CT molecular complexity index is 569. The molecule has 3 nitrogen and oxygen atoms in total. The molecule has 2 aromatic heterocycles. The maximum Gasteiger partial charge on any atom is 0.118 e. The van der Waals surface area contributed by atoms with Gasteiger partial charge in [-0.2, -0.15) is 0 Å². The van der Waals surface area contributed by atoms with Crippen LogP contribution in [0.3, 0.4) is 0 Å². The van der Waals surface area contributed by atoms with E-state index in [1.54, 1.807) is 17.5 Å². The maximum atomic E-state index is 6.02. The van der Waals surface area contributed by atoms with E-state index in [4.69, 9.17) is 16.6 Å². The highest BCUT2D eigenvalue weighted by Crippen LogP contribution is 2.33. The summed E-state index contributed by atoms with van der Waals surface area (Å²) in [5.41, 5.74) is 1.19. The van der Waals surface area contributed by atoms with Crippen LogP contribution in [0.5, 0.6) is 0 Å². The third-order valence-electron chi connectivity index (χ3n) is 2.78. The zero-order valence-electron chi connectivity index (χ0n) is 12.4. The van der Waals surface area contributed by atoms with Gasteiger partial charge in [0, 0.05) is 16.8 Å². The molecule has 0 aliphatic carbocycles. The standard InChI is InChI=1S/C14H20ClN3S2/c1-8(2)17-11(12-16-6-10(15)20-12)13-18-9(7-19-13)14(3,4)5/h6-8,11,17H,1-5H3. The number of nitrogens with one attached hydrogen (secondary N) is 1. The topological polar surface area (TPSA) is 37.8 Å². The third kappa shape index (κ3) is 3.79. The summed E-state index contributed by atoms with van der Waals surface area (Å²) in [6.07, 6.45) is 1.70. The largest absolute Gasteiger partial charge is 0.300 e. The second-order valence-corrected chi connectivity index (χ2v) is 8.66. The van der Waals surface area contributed by atoms with Crippen LogP contribution < -0.4 is 5.32 Å². The van der Waals surface area contributed by atoms with Crippen molar-refractivity contribution in [2.45, 2.75) is 52.1 Å². The predicted octanol–water partition coefficient (Wildman–Crippen LogP) is 4.64. The second kappa shape index (κ2) is 6.10. The molecule has 0 aliphatic heterocycles. The fourth-order valence-corrected chi connectivity index (χ4v) is 3.92. The van der Waals surface area contributed by atoms with Gasteiger partial charge in [-0.3, -0.25) is 0 Å². The first kappa shape index (κ1) is 15.9. The predicted molar refractivity (Wildman–Crippen MR) is 88.1 cm³/mol. The Morgan fingerprint density at radius 2 is 1.95 bits per heavy atom. The van der Waals surface area contributed by atoms with Crippen molar-refractivity contribution in [3.63, 3.8) is 0 Å². The summed E-state index contributed by atoms with van der Waals surface area (Å²) in [5.74, 6) is 0. The Hall–Kier alpha value is -0.490. The Morgan fingerprint density at radius 1 is 1.25 bits per heavy atom. The Balaban J connectivity index is 2.34. The lowest BCUT2D eigenvalue weighted by molar-refractivity contribution is 0.518. The van der Waals surface area contributed by atoms with Gasteiger partial charge in [0.2, 0.25) is 0 Å². The average Bonchev–Trinajstić information content (AvgIpc) is 2.93. The molecule has 2 rings (SSSR count). The lowest BCUT2D eigenvalue weighted by Crippen LogP contribution is -2.29. The molecule has 0 radical (unpaired) electrons. The quantitative estimate of drug-likeness (QED) is 0.888. The van der Waals surface area contributed by atoms with Gasteiger partial charge in [0.25, 0.3) is 0 Å². The third-order valence-corrected chi connectivity index (χ3v) is 4.87. The van der Waals surface area contributed by atoms with Crippen LogP contribution in [0.2, 0.25) is 4.34 Å². The van der Waals surface area contributed by atoms with E-state index >= 15 is 0 Å². The van der Waals surface area contributed by atoms with Crippen molar-refractivity contribution in [2.24, 2.45) is 0 Å². The molecule has 20 heavy (non-hydrogen) atoms. The fraction of sp³-hybridized carbons (Fsp3) is 0.571. The molecule has 0 saturated heterocycles. The minimum absolute atomic E-state index is 0.0219. The van der Waals surface area contributed by atoms with Crippen molar-refractivity contribution in [3.8, 4) is 0 Å². The summed E-state index contributed by atoms with van der Waals surface area (Å²) in [6.45, 7) is 10.8. The maximum absolute atomic E-state index is 6.02. The smallest absolute Gasteiger partial charge is 0.118 e. The van der Waals surface area contributed by atoms with Crippen molar-refractivity contribution in [3.05, 3.63) is 31.6 Å². The van der Waals surface area contributed by atoms with Gasteiger partial charge in [0.05, 0.1) is 11.9 Å². The van der Waals surface area contributed by atoms with Gasteiger partial charge in [0.1, 0.15) is 20.4 Å². The van der Waals surface area contributed by atoms with Crippen LogP contribution in [-0.2, 0) is 5.41 Å². The molecule has 0 aromatic carbocycles. The second-order valence-electron chi connectivity index (χ2n) is 6.08. The van der Waals surface area contributed by atoms with E-state index in [1.807, 2.05) is 0 Å². The van der Waals surface area contributed by atoms with Crippen LogP contribution in [0, 0.1) is 0 Å². The molecule has 0 saturated carbocycles. The number of hydrogen-bond donors (Lipinski definition) is 1. The van der Waals surface area contributed by atoms with E-state index in [9.17, 15) is 0 Å². The van der Waals surface area contributed by atoms with Crippen molar-refractivity contribution < 1.29 is 0 Å². The molecule has 110 valence electrons. The molecule has 0 amide bonds. The molecule has 1 atom stereocenters. The highest BCUT2D eigenvalue weighted by atomic mass is 35.5. The Labute approximate surface area is 133 Å². The molecule has 0 aliphatic rings. The normalized spacial score (nSPS) is 13.9. The molecule has 2 aromatic rings. The van der Waals surface area contributed by atoms with Crippen molar-refractivity contribution in [2.75, 3.05) is 0 Å². The van der Waals surface area contributed by atoms with Gasteiger partial charge >= 0.3 is 0 Å². The molecule has 0 spiro atoms. The summed E-state index contributed by atoms with van der Waals surface area (Å²) in [5, 5.41) is 7.69. The molecule has 2 heterocycles. The van der Waals surface area contributed by atoms with E-state index in [0.29, 0.717) is 10.4 Å². The minimum Gasteiger partial charge on any atom is -0.300 e. The SMILES string of the molecule is CC(C)NC(c1nc(C(C)(C)C)cs1)c1ncc(Cl)s1. The van der Waals surface area contributed by atoms with Gasteiger partial charge in [-0.05, 0) is 13.8 Å². The van der Waals surface area contributed by atoms with Crippen molar-refractivity contribution in [1.29, 1.82) is 0 Å². The van der Waals surface area contributed by atoms with Crippen LogP contribution in [0.15, 0.2) is 11.6 Å².